The molecule has 3 rings (SSSR count). The standard InChI is InChI=1S/C23H28FN3O2S/c1-4-5-6-13-27(14-17-7-9-18(24)10-8-17)20(28)12-11-19-25-22(29)21-15(2)16(3)30-23(21)26-19/h7-10H,4-6,11-14H2,1-3H3,(H,25,26,29). The average Bonchev–Trinajstić information content (AvgIpc) is 3.01. The lowest BCUT2D eigenvalue weighted by Crippen LogP contribution is -2.32. The number of hydrogen-bond acceptors (Lipinski definition) is 4. The molecule has 2 heterocycles. The van der Waals surface area contributed by atoms with Crippen LogP contribution >= 0.6 is 11.3 Å². The highest BCUT2D eigenvalue weighted by Crippen LogP contribution is 2.25. The highest BCUT2D eigenvalue weighted by molar-refractivity contribution is 7.18. The van der Waals surface area contributed by atoms with E-state index in [1.54, 1.807) is 12.1 Å². The first-order valence-corrected chi connectivity index (χ1v) is 11.2. The van der Waals surface area contributed by atoms with Crippen LogP contribution in [0.3, 0.4) is 0 Å². The molecule has 0 saturated heterocycles. The number of aryl methyl sites for hydroxylation is 3. The fraction of sp³-hybridized carbons (Fsp3) is 0.435. The van der Waals surface area contributed by atoms with E-state index in [-0.39, 0.29) is 23.7 Å². The van der Waals surface area contributed by atoms with Crippen LogP contribution in [0.15, 0.2) is 29.1 Å². The van der Waals surface area contributed by atoms with E-state index in [1.807, 2.05) is 18.7 Å². The molecule has 0 spiro atoms. The van der Waals surface area contributed by atoms with Crippen LogP contribution in [0.2, 0.25) is 0 Å². The van der Waals surface area contributed by atoms with Crippen molar-refractivity contribution in [2.75, 3.05) is 6.54 Å². The number of nitrogens with zero attached hydrogens (tertiary/aromatic N) is 2. The minimum atomic E-state index is -0.285. The molecule has 0 unspecified atom stereocenters. The van der Waals surface area contributed by atoms with Gasteiger partial charge in [0.25, 0.3) is 5.56 Å². The van der Waals surface area contributed by atoms with Gasteiger partial charge in [-0.2, -0.15) is 0 Å². The lowest BCUT2D eigenvalue weighted by Gasteiger charge is -2.23. The summed E-state index contributed by atoms with van der Waals surface area (Å²) < 4.78 is 13.2. The first-order valence-electron chi connectivity index (χ1n) is 10.4. The molecule has 1 N–H and O–H groups in total. The van der Waals surface area contributed by atoms with Gasteiger partial charge in [-0.15, -0.1) is 11.3 Å². The number of rotatable bonds is 9. The highest BCUT2D eigenvalue weighted by Gasteiger charge is 2.16. The highest BCUT2D eigenvalue weighted by atomic mass is 32.1. The molecule has 0 saturated carbocycles. The van der Waals surface area contributed by atoms with Gasteiger partial charge in [0, 0.05) is 30.8 Å². The Morgan fingerprint density at radius 2 is 1.93 bits per heavy atom. The number of aromatic nitrogens is 2. The van der Waals surface area contributed by atoms with E-state index in [0.717, 1.165) is 40.1 Å². The topological polar surface area (TPSA) is 66.1 Å². The number of aromatic amines is 1. The quantitative estimate of drug-likeness (QED) is 0.493. The Morgan fingerprint density at radius 3 is 2.63 bits per heavy atom. The summed E-state index contributed by atoms with van der Waals surface area (Å²) >= 11 is 1.51. The Hall–Kier alpha value is -2.54. The monoisotopic (exact) mass is 429 g/mol. The zero-order chi connectivity index (χ0) is 21.7. The van der Waals surface area contributed by atoms with E-state index >= 15 is 0 Å². The van der Waals surface area contributed by atoms with Crippen LogP contribution in [-0.2, 0) is 17.8 Å². The second kappa shape index (κ2) is 9.98. The van der Waals surface area contributed by atoms with E-state index in [2.05, 4.69) is 16.9 Å². The number of halogens is 1. The molecule has 0 radical (unpaired) electrons. The van der Waals surface area contributed by atoms with Gasteiger partial charge in [-0.1, -0.05) is 31.9 Å². The minimum Gasteiger partial charge on any atom is -0.338 e. The predicted octanol–water partition coefficient (Wildman–Crippen LogP) is 4.89. The molecule has 30 heavy (non-hydrogen) atoms. The van der Waals surface area contributed by atoms with Gasteiger partial charge in [0.2, 0.25) is 5.91 Å². The molecule has 0 fully saturated rings. The van der Waals surface area contributed by atoms with E-state index < -0.39 is 0 Å². The van der Waals surface area contributed by atoms with Crippen molar-refractivity contribution in [3.8, 4) is 0 Å². The smallest absolute Gasteiger partial charge is 0.259 e. The molecule has 5 nitrogen and oxygen atoms in total. The Balaban J connectivity index is 1.70. The van der Waals surface area contributed by atoms with Gasteiger partial charge in [0.15, 0.2) is 0 Å². The van der Waals surface area contributed by atoms with Crippen LogP contribution in [-0.4, -0.2) is 27.3 Å². The molecule has 0 aliphatic heterocycles. The van der Waals surface area contributed by atoms with Crippen molar-refractivity contribution in [3.63, 3.8) is 0 Å². The Labute approximate surface area is 180 Å². The number of fused-ring (bicyclic) bond motifs is 1. The first-order chi connectivity index (χ1) is 14.4. The molecule has 160 valence electrons. The van der Waals surface area contributed by atoms with Gasteiger partial charge in [-0.25, -0.2) is 9.37 Å². The number of carbonyl (C=O) groups excluding carboxylic acids is 1. The SMILES string of the molecule is CCCCCN(Cc1ccc(F)cc1)C(=O)CCc1nc2sc(C)c(C)c2c(=O)[nH]1. The fourth-order valence-corrected chi connectivity index (χ4v) is 4.50. The van der Waals surface area contributed by atoms with Crippen LogP contribution < -0.4 is 5.56 Å². The molecule has 0 aliphatic rings. The van der Waals surface area contributed by atoms with E-state index in [9.17, 15) is 14.0 Å². The summed E-state index contributed by atoms with van der Waals surface area (Å²) in [5, 5.41) is 0.644. The summed E-state index contributed by atoms with van der Waals surface area (Å²) in [5.41, 5.74) is 1.72. The van der Waals surface area contributed by atoms with Gasteiger partial charge >= 0.3 is 0 Å². The third-order valence-corrected chi connectivity index (χ3v) is 6.44. The average molecular weight is 430 g/mol. The molecule has 2 aromatic heterocycles. The third-order valence-electron chi connectivity index (χ3n) is 5.33. The summed E-state index contributed by atoms with van der Waals surface area (Å²) in [7, 11) is 0. The summed E-state index contributed by atoms with van der Waals surface area (Å²) in [6, 6.07) is 6.26. The molecular formula is C23H28FN3O2S. The maximum Gasteiger partial charge on any atom is 0.259 e. The molecule has 0 bridgehead atoms. The third kappa shape index (κ3) is 5.33. The lowest BCUT2D eigenvalue weighted by molar-refractivity contribution is -0.131. The molecule has 0 aliphatic carbocycles. The van der Waals surface area contributed by atoms with Crippen molar-refractivity contribution in [3.05, 3.63) is 62.3 Å². The van der Waals surface area contributed by atoms with Crippen LogP contribution in [0, 0.1) is 19.7 Å². The Morgan fingerprint density at radius 1 is 1.20 bits per heavy atom. The van der Waals surface area contributed by atoms with Crippen molar-refractivity contribution in [2.45, 2.75) is 59.4 Å². The largest absolute Gasteiger partial charge is 0.338 e. The zero-order valence-electron chi connectivity index (χ0n) is 17.8. The van der Waals surface area contributed by atoms with E-state index in [0.29, 0.717) is 30.7 Å². The maximum absolute atomic E-state index is 13.2. The fourth-order valence-electron chi connectivity index (χ4n) is 3.46. The Kier molecular flexibility index (Phi) is 7.37. The van der Waals surface area contributed by atoms with Crippen LogP contribution in [0.4, 0.5) is 4.39 Å². The number of amides is 1. The van der Waals surface area contributed by atoms with Gasteiger partial charge in [0.05, 0.1) is 5.39 Å². The van der Waals surface area contributed by atoms with Crippen molar-refractivity contribution in [1.82, 2.24) is 14.9 Å². The first kappa shape index (κ1) is 22.2. The van der Waals surface area contributed by atoms with Crippen LogP contribution in [0.5, 0.6) is 0 Å². The summed E-state index contributed by atoms with van der Waals surface area (Å²) in [5.74, 6) is 0.265. The second-order valence-corrected chi connectivity index (χ2v) is 8.83. The summed E-state index contributed by atoms with van der Waals surface area (Å²) in [6.07, 6.45) is 3.70. The van der Waals surface area contributed by atoms with Crippen molar-refractivity contribution in [1.29, 1.82) is 0 Å². The molecule has 7 heteroatoms. The zero-order valence-corrected chi connectivity index (χ0v) is 18.6. The molecule has 0 atom stereocenters. The second-order valence-electron chi connectivity index (χ2n) is 7.62. The van der Waals surface area contributed by atoms with Crippen molar-refractivity contribution in [2.24, 2.45) is 0 Å². The molecular weight excluding hydrogens is 401 g/mol. The summed E-state index contributed by atoms with van der Waals surface area (Å²) in [6.45, 7) is 7.15. The lowest BCUT2D eigenvalue weighted by atomic mass is 10.1. The maximum atomic E-state index is 13.2. The number of carbonyl (C=O) groups is 1. The van der Waals surface area contributed by atoms with Crippen molar-refractivity contribution < 1.29 is 9.18 Å². The minimum absolute atomic E-state index is 0.0108. The van der Waals surface area contributed by atoms with Crippen LogP contribution in [0.25, 0.3) is 10.2 Å². The van der Waals surface area contributed by atoms with Gasteiger partial charge in [0.1, 0.15) is 16.5 Å². The van der Waals surface area contributed by atoms with Crippen molar-refractivity contribution >= 4 is 27.5 Å². The van der Waals surface area contributed by atoms with Gasteiger partial charge in [-0.05, 0) is 43.5 Å². The number of unbranched alkanes of at least 4 members (excludes halogenated alkanes) is 2. The van der Waals surface area contributed by atoms with E-state index in [4.69, 9.17) is 0 Å². The van der Waals surface area contributed by atoms with Gasteiger partial charge < -0.3 is 9.88 Å². The number of benzene rings is 1. The van der Waals surface area contributed by atoms with E-state index in [1.165, 1.54) is 23.5 Å². The predicted molar refractivity (Wildman–Crippen MR) is 119 cm³/mol. The van der Waals surface area contributed by atoms with Gasteiger partial charge in [-0.3, -0.25) is 9.59 Å². The number of thiophene rings is 1. The number of nitrogens with one attached hydrogen (secondary N) is 1. The number of H-pyrrole nitrogens is 1. The molecule has 3 aromatic rings. The molecule has 1 amide bonds. The summed E-state index contributed by atoms with van der Waals surface area (Å²) in [4.78, 5) is 36.4. The normalized spacial score (nSPS) is 11.2. The molecule has 1 aromatic carbocycles. The Bertz CT molecular complexity index is 1070. The number of hydrogen-bond donors (Lipinski definition) is 1. The van der Waals surface area contributed by atoms with Crippen LogP contribution in [0.1, 0.15) is 54.4 Å².